The van der Waals surface area contributed by atoms with Crippen molar-refractivity contribution in [1.82, 2.24) is 15.1 Å². The van der Waals surface area contributed by atoms with Crippen molar-refractivity contribution in [2.24, 2.45) is 0 Å². The SMILES string of the molecule is COc1cc(CN(C)CC(=O)N2CCNC2=O)ccc1OC(F)F. The molecule has 1 aromatic carbocycles. The maximum Gasteiger partial charge on any atom is 0.387 e. The predicted molar refractivity (Wildman–Crippen MR) is 81.1 cm³/mol. The first-order valence-corrected chi connectivity index (χ1v) is 7.29. The van der Waals surface area contributed by atoms with Gasteiger partial charge in [0.15, 0.2) is 11.5 Å². The van der Waals surface area contributed by atoms with Crippen molar-refractivity contribution in [3.8, 4) is 11.5 Å². The fourth-order valence-electron chi connectivity index (χ4n) is 2.40. The number of amides is 3. The molecule has 1 heterocycles. The molecule has 1 aliphatic heterocycles. The summed E-state index contributed by atoms with van der Waals surface area (Å²) in [6.45, 7) is -1.68. The average molecular weight is 343 g/mol. The van der Waals surface area contributed by atoms with Gasteiger partial charge in [0, 0.05) is 19.6 Å². The number of carbonyl (C=O) groups is 2. The summed E-state index contributed by atoms with van der Waals surface area (Å²) in [5.41, 5.74) is 0.759. The van der Waals surface area contributed by atoms with Crippen LogP contribution >= 0.6 is 0 Å². The number of carbonyl (C=O) groups excluding carboxylic acids is 2. The molecule has 1 fully saturated rings. The van der Waals surface area contributed by atoms with Crippen LogP contribution in [0.4, 0.5) is 13.6 Å². The van der Waals surface area contributed by atoms with Gasteiger partial charge in [0.05, 0.1) is 13.7 Å². The second kappa shape index (κ2) is 7.91. The normalized spacial score (nSPS) is 14.2. The molecule has 0 aromatic heterocycles. The number of likely N-dealkylation sites (N-methyl/N-ethyl adjacent to an activating group) is 1. The molecular formula is C15H19F2N3O4. The molecule has 7 nitrogen and oxygen atoms in total. The lowest BCUT2D eigenvalue weighted by atomic mass is 10.2. The van der Waals surface area contributed by atoms with Crippen LogP contribution in [-0.2, 0) is 11.3 Å². The van der Waals surface area contributed by atoms with Gasteiger partial charge in [0.25, 0.3) is 0 Å². The number of nitrogens with zero attached hydrogens (tertiary/aromatic N) is 2. The second-order valence-electron chi connectivity index (χ2n) is 5.31. The molecule has 9 heteroatoms. The van der Waals surface area contributed by atoms with Gasteiger partial charge in [0.2, 0.25) is 5.91 Å². The van der Waals surface area contributed by atoms with Gasteiger partial charge in [-0.1, -0.05) is 6.07 Å². The average Bonchev–Trinajstić information content (AvgIpc) is 2.94. The Balaban J connectivity index is 1.97. The summed E-state index contributed by atoms with van der Waals surface area (Å²) >= 11 is 0. The Labute approximate surface area is 138 Å². The van der Waals surface area contributed by atoms with Crippen molar-refractivity contribution in [3.05, 3.63) is 23.8 Å². The van der Waals surface area contributed by atoms with Crippen molar-refractivity contribution in [2.45, 2.75) is 13.2 Å². The van der Waals surface area contributed by atoms with E-state index in [2.05, 4.69) is 10.1 Å². The number of nitrogens with one attached hydrogen (secondary N) is 1. The number of hydrogen-bond donors (Lipinski definition) is 1. The van der Waals surface area contributed by atoms with Crippen LogP contribution < -0.4 is 14.8 Å². The fraction of sp³-hybridized carbons (Fsp3) is 0.467. The topological polar surface area (TPSA) is 71.1 Å². The van der Waals surface area contributed by atoms with E-state index in [0.717, 1.165) is 10.5 Å². The van der Waals surface area contributed by atoms with Crippen molar-refractivity contribution < 1.29 is 27.8 Å². The standard InChI is InChI=1S/C15H19F2N3O4/c1-19(9-13(21)20-6-5-18-15(20)22)8-10-3-4-11(24-14(16)17)12(7-10)23-2/h3-4,7,14H,5-6,8-9H2,1-2H3,(H,18,22). The number of imide groups is 1. The van der Waals surface area contributed by atoms with Crippen LogP contribution in [0, 0.1) is 0 Å². The van der Waals surface area contributed by atoms with E-state index >= 15 is 0 Å². The highest BCUT2D eigenvalue weighted by Crippen LogP contribution is 2.29. The van der Waals surface area contributed by atoms with Crippen molar-refractivity contribution in [3.63, 3.8) is 0 Å². The van der Waals surface area contributed by atoms with Crippen LogP contribution in [0.1, 0.15) is 5.56 Å². The lowest BCUT2D eigenvalue weighted by molar-refractivity contribution is -0.128. The van der Waals surface area contributed by atoms with E-state index in [1.54, 1.807) is 24.1 Å². The molecule has 1 aliphatic rings. The highest BCUT2D eigenvalue weighted by atomic mass is 19.3. The van der Waals surface area contributed by atoms with Crippen LogP contribution in [-0.4, -0.2) is 62.1 Å². The molecule has 0 spiro atoms. The van der Waals surface area contributed by atoms with Crippen LogP contribution in [0.25, 0.3) is 0 Å². The molecule has 3 amide bonds. The number of urea groups is 1. The van der Waals surface area contributed by atoms with Gasteiger partial charge in [-0.2, -0.15) is 8.78 Å². The number of halogens is 2. The van der Waals surface area contributed by atoms with Gasteiger partial charge in [-0.05, 0) is 24.7 Å². The van der Waals surface area contributed by atoms with Crippen LogP contribution in [0.5, 0.6) is 11.5 Å². The summed E-state index contributed by atoms with van der Waals surface area (Å²) in [5.74, 6) is -0.160. The first-order chi connectivity index (χ1) is 11.4. The van der Waals surface area contributed by atoms with E-state index in [1.807, 2.05) is 0 Å². The van der Waals surface area contributed by atoms with Gasteiger partial charge in [0.1, 0.15) is 0 Å². The van der Waals surface area contributed by atoms with E-state index < -0.39 is 6.61 Å². The lowest BCUT2D eigenvalue weighted by Gasteiger charge is -2.20. The fourth-order valence-corrected chi connectivity index (χ4v) is 2.40. The molecule has 0 bridgehead atoms. The monoisotopic (exact) mass is 343 g/mol. The third kappa shape index (κ3) is 4.54. The third-order valence-electron chi connectivity index (χ3n) is 3.46. The number of benzene rings is 1. The maximum absolute atomic E-state index is 12.3. The molecule has 1 aromatic rings. The number of methoxy groups -OCH3 is 1. The molecule has 0 atom stereocenters. The number of ether oxygens (including phenoxy) is 2. The molecular weight excluding hydrogens is 324 g/mol. The minimum absolute atomic E-state index is 0.0521. The Kier molecular flexibility index (Phi) is 5.91. The number of hydrogen-bond acceptors (Lipinski definition) is 5. The van der Waals surface area contributed by atoms with Crippen LogP contribution in [0.2, 0.25) is 0 Å². The zero-order chi connectivity index (χ0) is 17.7. The molecule has 0 unspecified atom stereocenters. The Morgan fingerprint density at radius 1 is 1.42 bits per heavy atom. The summed E-state index contributed by atoms with van der Waals surface area (Å²) in [5, 5.41) is 2.57. The molecule has 0 aliphatic carbocycles. The van der Waals surface area contributed by atoms with Crippen LogP contribution in [0.3, 0.4) is 0 Å². The quantitative estimate of drug-likeness (QED) is 0.808. The lowest BCUT2D eigenvalue weighted by Crippen LogP contribution is -2.40. The predicted octanol–water partition coefficient (Wildman–Crippen LogP) is 1.28. The maximum atomic E-state index is 12.3. The Hall–Kier alpha value is -2.42. The first-order valence-electron chi connectivity index (χ1n) is 7.29. The summed E-state index contributed by atoms with van der Waals surface area (Å²) in [6, 6.07) is 4.19. The van der Waals surface area contributed by atoms with Gasteiger partial charge in [-0.25, -0.2) is 4.79 Å². The van der Waals surface area contributed by atoms with Gasteiger partial charge in [-0.3, -0.25) is 14.6 Å². The van der Waals surface area contributed by atoms with E-state index in [-0.39, 0.29) is 30.0 Å². The second-order valence-corrected chi connectivity index (χ2v) is 5.31. The van der Waals surface area contributed by atoms with Crippen molar-refractivity contribution >= 4 is 11.9 Å². The summed E-state index contributed by atoms with van der Waals surface area (Å²) in [6.07, 6.45) is 0. The molecule has 1 saturated heterocycles. The number of alkyl halides is 2. The third-order valence-corrected chi connectivity index (χ3v) is 3.46. The molecule has 2 rings (SSSR count). The molecule has 24 heavy (non-hydrogen) atoms. The highest BCUT2D eigenvalue weighted by Gasteiger charge is 2.26. The molecule has 132 valence electrons. The largest absolute Gasteiger partial charge is 0.493 e. The van der Waals surface area contributed by atoms with E-state index in [0.29, 0.717) is 19.6 Å². The number of rotatable bonds is 7. The van der Waals surface area contributed by atoms with Gasteiger partial charge >= 0.3 is 12.6 Å². The molecule has 1 N–H and O–H groups in total. The smallest absolute Gasteiger partial charge is 0.387 e. The van der Waals surface area contributed by atoms with Crippen molar-refractivity contribution in [2.75, 3.05) is 33.8 Å². The minimum atomic E-state index is -2.93. The molecule has 0 saturated carbocycles. The Morgan fingerprint density at radius 2 is 2.17 bits per heavy atom. The Bertz CT molecular complexity index is 612. The van der Waals surface area contributed by atoms with E-state index in [9.17, 15) is 18.4 Å². The highest BCUT2D eigenvalue weighted by molar-refractivity contribution is 5.96. The summed E-state index contributed by atoms with van der Waals surface area (Å²) in [4.78, 5) is 26.4. The van der Waals surface area contributed by atoms with E-state index in [1.165, 1.54) is 13.2 Å². The van der Waals surface area contributed by atoms with Crippen molar-refractivity contribution in [1.29, 1.82) is 0 Å². The Morgan fingerprint density at radius 3 is 2.75 bits per heavy atom. The minimum Gasteiger partial charge on any atom is -0.493 e. The van der Waals surface area contributed by atoms with Gasteiger partial charge < -0.3 is 14.8 Å². The summed E-state index contributed by atoms with van der Waals surface area (Å²) < 4.78 is 34.0. The summed E-state index contributed by atoms with van der Waals surface area (Å²) in [7, 11) is 3.08. The first kappa shape index (κ1) is 17.9. The van der Waals surface area contributed by atoms with E-state index in [4.69, 9.17) is 4.74 Å². The molecule has 0 radical (unpaired) electrons. The van der Waals surface area contributed by atoms with Crippen LogP contribution in [0.15, 0.2) is 18.2 Å². The van der Waals surface area contributed by atoms with Gasteiger partial charge in [-0.15, -0.1) is 0 Å². The zero-order valence-electron chi connectivity index (χ0n) is 13.4. The zero-order valence-corrected chi connectivity index (χ0v) is 13.4.